The smallest absolute Gasteiger partial charge is 0.230 e. The van der Waals surface area contributed by atoms with Crippen LogP contribution in [0.3, 0.4) is 0 Å². The molecule has 0 aromatic heterocycles. The molecule has 2 aliphatic rings. The molecule has 8 heteroatoms. The van der Waals surface area contributed by atoms with Crippen LogP contribution in [0.25, 0.3) is 0 Å². The van der Waals surface area contributed by atoms with Gasteiger partial charge in [0.2, 0.25) is 5.91 Å². The van der Waals surface area contributed by atoms with Gasteiger partial charge in [0.15, 0.2) is 9.84 Å². The van der Waals surface area contributed by atoms with Crippen LogP contribution in [0.15, 0.2) is 0 Å². The van der Waals surface area contributed by atoms with E-state index < -0.39 is 9.84 Å². The molecule has 0 spiro atoms. The topological polar surface area (TPSA) is 75.7 Å². The third-order valence-electron chi connectivity index (χ3n) is 4.31. The number of carbonyl (C=O) groups excluding carboxylic acids is 1. The van der Waals surface area contributed by atoms with Crippen molar-refractivity contribution in [3.63, 3.8) is 0 Å². The van der Waals surface area contributed by atoms with Crippen LogP contribution in [0.1, 0.15) is 27.2 Å². The Labute approximate surface area is 143 Å². The second kappa shape index (κ2) is 8.18. The number of hydrogen-bond acceptors (Lipinski definition) is 6. The largest absolute Gasteiger partial charge is 0.373 e. The van der Waals surface area contributed by atoms with Crippen LogP contribution in [0.4, 0.5) is 0 Å². The molecule has 0 radical (unpaired) electrons. The maximum absolute atomic E-state index is 12.0. The van der Waals surface area contributed by atoms with Crippen molar-refractivity contribution in [3.05, 3.63) is 0 Å². The van der Waals surface area contributed by atoms with Crippen molar-refractivity contribution in [3.8, 4) is 0 Å². The van der Waals surface area contributed by atoms with E-state index in [1.165, 1.54) is 11.8 Å². The van der Waals surface area contributed by atoms with Gasteiger partial charge in [-0.25, -0.2) is 8.42 Å². The summed E-state index contributed by atoms with van der Waals surface area (Å²) in [7, 11) is -2.87. The van der Waals surface area contributed by atoms with E-state index in [9.17, 15) is 13.2 Å². The number of hydrogen-bond donors (Lipinski definition) is 1. The van der Waals surface area contributed by atoms with Crippen molar-refractivity contribution in [2.45, 2.75) is 50.7 Å². The fraction of sp³-hybridized carbons (Fsp3) is 0.933. The molecule has 0 saturated carbocycles. The lowest BCUT2D eigenvalue weighted by Gasteiger charge is -2.39. The summed E-state index contributed by atoms with van der Waals surface area (Å²) in [5.41, 5.74) is 0. The minimum Gasteiger partial charge on any atom is -0.373 e. The first-order valence-corrected chi connectivity index (χ1v) is 11.1. The van der Waals surface area contributed by atoms with Crippen molar-refractivity contribution >= 4 is 27.5 Å². The highest BCUT2D eigenvalue weighted by molar-refractivity contribution is 8.02. The Balaban J connectivity index is 1.66. The van der Waals surface area contributed by atoms with Crippen LogP contribution < -0.4 is 5.32 Å². The molecule has 2 rings (SSSR count). The number of morpholine rings is 1. The molecule has 0 bridgehead atoms. The molecule has 1 amide bonds. The number of sulfone groups is 1. The van der Waals surface area contributed by atoms with Crippen LogP contribution in [-0.4, -0.2) is 79.6 Å². The standard InChI is InChI=1S/C15H28N2O4S2/c1-11(17-7-12(2)21-13(3)8-17)6-16-15(18)9-22-14-4-5-23(19,20)10-14/h11-14H,4-10H2,1-3H3,(H,16,18). The number of nitrogens with one attached hydrogen (secondary N) is 1. The van der Waals surface area contributed by atoms with Crippen molar-refractivity contribution in [2.75, 3.05) is 36.9 Å². The summed E-state index contributed by atoms with van der Waals surface area (Å²) in [4.78, 5) is 14.3. The number of amides is 1. The SMILES string of the molecule is CC1CN(C(C)CNC(=O)CSC2CCS(=O)(=O)C2)CC(C)O1. The molecule has 2 aliphatic heterocycles. The zero-order valence-electron chi connectivity index (χ0n) is 14.2. The molecular weight excluding hydrogens is 336 g/mol. The summed E-state index contributed by atoms with van der Waals surface area (Å²) < 4.78 is 28.5. The van der Waals surface area contributed by atoms with Gasteiger partial charge in [-0.15, -0.1) is 11.8 Å². The van der Waals surface area contributed by atoms with Crippen LogP contribution >= 0.6 is 11.8 Å². The van der Waals surface area contributed by atoms with E-state index in [1.807, 2.05) is 0 Å². The summed E-state index contributed by atoms with van der Waals surface area (Å²) >= 11 is 1.46. The zero-order chi connectivity index (χ0) is 17.0. The second-order valence-electron chi connectivity index (χ2n) is 6.70. The fourth-order valence-corrected chi connectivity index (χ4v) is 6.58. The average molecular weight is 365 g/mol. The second-order valence-corrected chi connectivity index (χ2v) is 10.2. The highest BCUT2D eigenvalue weighted by atomic mass is 32.2. The van der Waals surface area contributed by atoms with Gasteiger partial charge in [-0.05, 0) is 27.2 Å². The first kappa shape index (κ1) is 19.0. The highest BCUT2D eigenvalue weighted by Crippen LogP contribution is 2.24. The zero-order valence-corrected chi connectivity index (χ0v) is 15.8. The molecule has 0 aromatic carbocycles. The Hall–Kier alpha value is -0.310. The quantitative estimate of drug-likeness (QED) is 0.741. The average Bonchev–Trinajstić information content (AvgIpc) is 2.81. The van der Waals surface area contributed by atoms with E-state index in [-0.39, 0.29) is 40.9 Å². The first-order chi connectivity index (χ1) is 10.7. The molecule has 6 nitrogen and oxygen atoms in total. The molecule has 1 N–H and O–H groups in total. The summed E-state index contributed by atoms with van der Waals surface area (Å²) in [6.45, 7) is 8.64. The monoisotopic (exact) mass is 364 g/mol. The van der Waals surface area contributed by atoms with Gasteiger partial charge in [0, 0.05) is 30.9 Å². The molecule has 2 saturated heterocycles. The van der Waals surface area contributed by atoms with E-state index in [2.05, 4.69) is 31.0 Å². The lowest BCUT2D eigenvalue weighted by Crippen LogP contribution is -2.52. The van der Waals surface area contributed by atoms with E-state index in [0.29, 0.717) is 18.7 Å². The van der Waals surface area contributed by atoms with Gasteiger partial charge < -0.3 is 10.1 Å². The Morgan fingerprint density at radius 1 is 1.35 bits per heavy atom. The number of rotatable bonds is 6. The Morgan fingerprint density at radius 3 is 2.57 bits per heavy atom. The van der Waals surface area contributed by atoms with Gasteiger partial charge >= 0.3 is 0 Å². The summed E-state index contributed by atoms with van der Waals surface area (Å²) in [5, 5.41) is 3.04. The van der Waals surface area contributed by atoms with Gasteiger partial charge in [-0.1, -0.05) is 0 Å². The van der Waals surface area contributed by atoms with Gasteiger partial charge in [0.1, 0.15) is 0 Å². The van der Waals surface area contributed by atoms with Crippen molar-refractivity contribution in [1.82, 2.24) is 10.2 Å². The highest BCUT2D eigenvalue weighted by Gasteiger charge is 2.29. The maximum atomic E-state index is 12.0. The molecule has 0 aromatic rings. The van der Waals surface area contributed by atoms with Crippen LogP contribution in [0, 0.1) is 0 Å². The lowest BCUT2D eigenvalue weighted by atomic mass is 10.2. The molecule has 134 valence electrons. The summed E-state index contributed by atoms with van der Waals surface area (Å²) in [5.74, 6) is 0.797. The Morgan fingerprint density at radius 2 is 2.00 bits per heavy atom. The molecule has 2 heterocycles. The van der Waals surface area contributed by atoms with Crippen LogP contribution in [-0.2, 0) is 19.4 Å². The molecule has 4 atom stereocenters. The number of thioether (sulfide) groups is 1. The lowest BCUT2D eigenvalue weighted by molar-refractivity contribution is -0.119. The third-order valence-corrected chi connectivity index (χ3v) is 7.59. The van der Waals surface area contributed by atoms with Crippen molar-refractivity contribution in [2.24, 2.45) is 0 Å². The van der Waals surface area contributed by atoms with Gasteiger partial charge in [-0.3, -0.25) is 9.69 Å². The maximum Gasteiger partial charge on any atom is 0.230 e. The van der Waals surface area contributed by atoms with Gasteiger partial charge in [-0.2, -0.15) is 0 Å². The van der Waals surface area contributed by atoms with Gasteiger partial charge in [0.05, 0.1) is 29.5 Å². The van der Waals surface area contributed by atoms with Crippen LogP contribution in [0.2, 0.25) is 0 Å². The van der Waals surface area contributed by atoms with E-state index in [0.717, 1.165) is 13.1 Å². The third kappa shape index (κ3) is 6.25. The fourth-order valence-electron chi connectivity index (χ4n) is 3.11. The number of carbonyl (C=O) groups is 1. The predicted octanol–water partition coefficient (Wildman–Crippen LogP) is 0.521. The van der Waals surface area contributed by atoms with Crippen molar-refractivity contribution in [1.29, 1.82) is 0 Å². The normalized spacial score (nSPS) is 32.6. The van der Waals surface area contributed by atoms with E-state index in [1.54, 1.807) is 0 Å². The molecule has 0 aliphatic carbocycles. The number of nitrogens with zero attached hydrogens (tertiary/aromatic N) is 1. The Bertz CT molecular complexity index is 502. The molecule has 4 unspecified atom stereocenters. The molecule has 2 fully saturated rings. The summed E-state index contributed by atoms with van der Waals surface area (Å²) in [6.07, 6.45) is 1.11. The minimum absolute atomic E-state index is 0.0134. The van der Waals surface area contributed by atoms with Crippen molar-refractivity contribution < 1.29 is 17.9 Å². The number of ether oxygens (including phenoxy) is 1. The van der Waals surface area contributed by atoms with Gasteiger partial charge in [0.25, 0.3) is 0 Å². The molecule has 23 heavy (non-hydrogen) atoms. The molecular formula is C15H28N2O4S2. The summed E-state index contributed by atoms with van der Waals surface area (Å²) in [6, 6.07) is 0.268. The minimum atomic E-state index is -2.87. The van der Waals surface area contributed by atoms with E-state index >= 15 is 0 Å². The Kier molecular flexibility index (Phi) is 6.77. The first-order valence-electron chi connectivity index (χ1n) is 8.23. The van der Waals surface area contributed by atoms with E-state index in [4.69, 9.17) is 4.74 Å². The van der Waals surface area contributed by atoms with Crippen LogP contribution in [0.5, 0.6) is 0 Å². The predicted molar refractivity (Wildman–Crippen MR) is 93.6 cm³/mol.